The molecule has 3 nitrogen and oxygen atoms in total. The van der Waals surface area contributed by atoms with E-state index in [2.05, 4.69) is 31.1 Å². The lowest BCUT2D eigenvalue weighted by Crippen LogP contribution is -2.23. The first-order valence-electron chi connectivity index (χ1n) is 5.22. The molecule has 0 amide bonds. The summed E-state index contributed by atoms with van der Waals surface area (Å²) in [6.45, 7) is 6.47. The van der Waals surface area contributed by atoms with E-state index in [4.69, 9.17) is 4.42 Å². The summed E-state index contributed by atoms with van der Waals surface area (Å²) in [6, 6.07) is 0.451. The van der Waals surface area contributed by atoms with Crippen LogP contribution in [0, 0.1) is 5.92 Å². The fraction of sp³-hybridized carbons (Fsp3) is 0.727. The van der Waals surface area contributed by atoms with E-state index in [1.54, 1.807) is 6.26 Å². The highest BCUT2D eigenvalue weighted by atomic mass is 16.3. The molecule has 14 heavy (non-hydrogen) atoms. The van der Waals surface area contributed by atoms with Crippen molar-refractivity contribution < 1.29 is 4.42 Å². The van der Waals surface area contributed by atoms with Crippen molar-refractivity contribution in [2.75, 3.05) is 7.05 Å². The molecule has 80 valence electrons. The molecule has 0 aliphatic heterocycles. The highest BCUT2D eigenvalue weighted by Crippen LogP contribution is 2.09. The largest absolute Gasteiger partial charge is 0.449 e. The number of oxazole rings is 1. The van der Waals surface area contributed by atoms with E-state index in [1.165, 1.54) is 0 Å². The topological polar surface area (TPSA) is 38.1 Å². The van der Waals surface area contributed by atoms with Gasteiger partial charge in [-0.05, 0) is 19.9 Å². The van der Waals surface area contributed by atoms with Crippen LogP contribution in [0.25, 0.3) is 0 Å². The van der Waals surface area contributed by atoms with Gasteiger partial charge in [0.1, 0.15) is 6.26 Å². The third-order valence-electron chi connectivity index (χ3n) is 2.19. The fourth-order valence-electron chi connectivity index (χ4n) is 1.30. The van der Waals surface area contributed by atoms with Gasteiger partial charge in [-0.1, -0.05) is 13.8 Å². The minimum absolute atomic E-state index is 0.451. The van der Waals surface area contributed by atoms with Crippen LogP contribution in [0.4, 0.5) is 0 Å². The Morgan fingerprint density at radius 1 is 1.36 bits per heavy atom. The van der Waals surface area contributed by atoms with Gasteiger partial charge in [-0.15, -0.1) is 0 Å². The highest BCUT2D eigenvalue weighted by Gasteiger charge is 2.08. The number of rotatable bonds is 5. The van der Waals surface area contributed by atoms with E-state index < -0.39 is 0 Å². The molecule has 0 bridgehead atoms. The predicted octanol–water partition coefficient (Wildman–Crippen LogP) is 2.02. The van der Waals surface area contributed by atoms with Gasteiger partial charge in [-0.3, -0.25) is 0 Å². The van der Waals surface area contributed by atoms with Crippen molar-refractivity contribution in [3.63, 3.8) is 0 Å². The second-order valence-corrected chi connectivity index (χ2v) is 4.22. The van der Waals surface area contributed by atoms with Crippen molar-refractivity contribution >= 4 is 0 Å². The smallest absolute Gasteiger partial charge is 0.194 e. The second kappa shape index (κ2) is 5.15. The molecule has 0 saturated heterocycles. The van der Waals surface area contributed by atoms with Crippen molar-refractivity contribution in [1.29, 1.82) is 0 Å². The van der Waals surface area contributed by atoms with Gasteiger partial charge in [-0.2, -0.15) is 0 Å². The molecule has 1 rings (SSSR count). The fourth-order valence-corrected chi connectivity index (χ4v) is 1.30. The van der Waals surface area contributed by atoms with Crippen LogP contribution >= 0.6 is 0 Å². The lowest BCUT2D eigenvalue weighted by molar-refractivity contribution is 0.457. The summed E-state index contributed by atoms with van der Waals surface area (Å²) in [5, 5.41) is 3.18. The van der Waals surface area contributed by atoms with Gasteiger partial charge < -0.3 is 9.73 Å². The quantitative estimate of drug-likeness (QED) is 0.783. The molecule has 1 N–H and O–H groups in total. The number of aromatic nitrogens is 1. The Kier molecular flexibility index (Phi) is 4.14. The molecule has 0 radical (unpaired) electrons. The normalized spacial score (nSPS) is 13.5. The van der Waals surface area contributed by atoms with Crippen LogP contribution in [0.15, 0.2) is 10.7 Å². The first-order chi connectivity index (χ1) is 6.61. The molecule has 1 atom stereocenters. The first-order valence-corrected chi connectivity index (χ1v) is 5.22. The van der Waals surface area contributed by atoms with Gasteiger partial charge in [0, 0.05) is 18.9 Å². The van der Waals surface area contributed by atoms with E-state index in [0.717, 1.165) is 24.4 Å². The number of hydrogen-bond donors (Lipinski definition) is 1. The molecule has 0 saturated carbocycles. The second-order valence-electron chi connectivity index (χ2n) is 4.22. The molecule has 0 fully saturated rings. The van der Waals surface area contributed by atoms with Crippen molar-refractivity contribution in [2.24, 2.45) is 5.92 Å². The predicted molar refractivity (Wildman–Crippen MR) is 57.3 cm³/mol. The van der Waals surface area contributed by atoms with E-state index in [1.807, 2.05) is 7.05 Å². The zero-order valence-electron chi connectivity index (χ0n) is 9.50. The Balaban J connectivity index is 2.50. The maximum Gasteiger partial charge on any atom is 0.194 e. The molecule has 1 aromatic rings. The van der Waals surface area contributed by atoms with Gasteiger partial charge in [0.2, 0.25) is 0 Å². The Morgan fingerprint density at radius 3 is 2.64 bits per heavy atom. The first kappa shape index (κ1) is 11.2. The molecule has 1 aromatic heterocycles. The molecular weight excluding hydrogens is 176 g/mol. The van der Waals surface area contributed by atoms with Gasteiger partial charge in [-0.25, -0.2) is 4.98 Å². The zero-order valence-corrected chi connectivity index (χ0v) is 9.50. The van der Waals surface area contributed by atoms with Crippen LogP contribution in [0.2, 0.25) is 0 Å². The summed E-state index contributed by atoms with van der Waals surface area (Å²) in [7, 11) is 1.96. The van der Waals surface area contributed by atoms with E-state index in [-0.39, 0.29) is 0 Å². The van der Waals surface area contributed by atoms with Crippen LogP contribution < -0.4 is 5.32 Å². The summed E-state index contributed by atoms with van der Waals surface area (Å²) < 4.78 is 5.38. The summed E-state index contributed by atoms with van der Waals surface area (Å²) in [5.74, 6) is 1.46. The molecular formula is C11H20N2O. The molecule has 1 unspecified atom stereocenters. The van der Waals surface area contributed by atoms with E-state index in [9.17, 15) is 0 Å². The van der Waals surface area contributed by atoms with Crippen molar-refractivity contribution in [3.05, 3.63) is 17.8 Å². The third kappa shape index (κ3) is 3.50. The molecule has 0 aliphatic carbocycles. The highest BCUT2D eigenvalue weighted by molar-refractivity contribution is 4.99. The van der Waals surface area contributed by atoms with Crippen LogP contribution in [0.3, 0.4) is 0 Å². The zero-order chi connectivity index (χ0) is 10.6. The minimum Gasteiger partial charge on any atom is -0.449 e. The number of nitrogens with one attached hydrogen (secondary N) is 1. The van der Waals surface area contributed by atoms with E-state index in [0.29, 0.717) is 12.0 Å². The average molecular weight is 196 g/mol. The van der Waals surface area contributed by atoms with Gasteiger partial charge in [0.15, 0.2) is 5.89 Å². The Hall–Kier alpha value is -0.830. The summed E-state index contributed by atoms with van der Waals surface area (Å²) in [4.78, 5) is 4.43. The lowest BCUT2D eigenvalue weighted by atomic mass is 10.1. The van der Waals surface area contributed by atoms with Crippen molar-refractivity contribution in [2.45, 2.75) is 39.7 Å². The molecule has 0 spiro atoms. The summed E-state index contributed by atoms with van der Waals surface area (Å²) in [6.07, 6.45) is 3.62. The number of nitrogens with zero attached hydrogens (tertiary/aromatic N) is 1. The molecule has 1 heterocycles. The van der Waals surface area contributed by atoms with Gasteiger partial charge in [0.05, 0.1) is 5.69 Å². The Labute approximate surface area is 85.9 Å². The van der Waals surface area contributed by atoms with Gasteiger partial charge >= 0.3 is 0 Å². The molecule has 0 aliphatic rings. The van der Waals surface area contributed by atoms with Crippen LogP contribution in [-0.4, -0.2) is 18.1 Å². The third-order valence-corrected chi connectivity index (χ3v) is 2.19. The lowest BCUT2D eigenvalue weighted by Gasteiger charge is -2.05. The summed E-state index contributed by atoms with van der Waals surface area (Å²) in [5.41, 5.74) is 1.04. The maximum absolute atomic E-state index is 5.38. The number of hydrogen-bond acceptors (Lipinski definition) is 3. The monoisotopic (exact) mass is 196 g/mol. The van der Waals surface area contributed by atoms with Crippen LogP contribution in [0.5, 0.6) is 0 Å². The van der Waals surface area contributed by atoms with Crippen LogP contribution in [0.1, 0.15) is 32.4 Å². The van der Waals surface area contributed by atoms with E-state index >= 15 is 0 Å². The standard InChI is InChI=1S/C11H20N2O/c1-8(2)5-11-13-10(7-14-11)6-9(3)12-4/h7-9,12H,5-6H2,1-4H3. The van der Waals surface area contributed by atoms with Crippen molar-refractivity contribution in [3.8, 4) is 0 Å². The van der Waals surface area contributed by atoms with Crippen molar-refractivity contribution in [1.82, 2.24) is 10.3 Å². The molecule has 0 aromatic carbocycles. The molecule has 3 heteroatoms. The number of likely N-dealkylation sites (N-methyl/N-ethyl adjacent to an activating group) is 1. The van der Waals surface area contributed by atoms with Crippen LogP contribution in [-0.2, 0) is 12.8 Å². The summed E-state index contributed by atoms with van der Waals surface area (Å²) >= 11 is 0. The Morgan fingerprint density at radius 2 is 2.07 bits per heavy atom. The maximum atomic E-state index is 5.38. The SMILES string of the molecule is CNC(C)Cc1coc(CC(C)C)n1. The minimum atomic E-state index is 0.451. The Bertz CT molecular complexity index is 268. The van der Waals surface area contributed by atoms with Gasteiger partial charge in [0.25, 0.3) is 0 Å². The average Bonchev–Trinajstić information content (AvgIpc) is 2.51.